The maximum absolute atomic E-state index is 11.0. The Morgan fingerprint density at radius 3 is 2.90 bits per heavy atom. The number of halogens is 1. The van der Waals surface area contributed by atoms with Crippen molar-refractivity contribution >= 4 is 23.1 Å². The molecule has 20 heavy (non-hydrogen) atoms. The first-order valence-electron chi connectivity index (χ1n) is 5.89. The third kappa shape index (κ3) is 3.39. The van der Waals surface area contributed by atoms with E-state index in [0.29, 0.717) is 13.0 Å². The van der Waals surface area contributed by atoms with Crippen LogP contribution in [0.25, 0.3) is 0 Å². The Morgan fingerprint density at radius 2 is 2.25 bits per heavy atom. The van der Waals surface area contributed by atoms with Crippen molar-refractivity contribution in [2.75, 3.05) is 11.9 Å². The van der Waals surface area contributed by atoms with E-state index < -0.39 is 4.92 Å². The largest absolute Gasteiger partial charge is 0.364 e. The van der Waals surface area contributed by atoms with Crippen LogP contribution in [-0.2, 0) is 6.42 Å². The number of nitro groups is 1. The van der Waals surface area contributed by atoms with E-state index in [1.165, 1.54) is 6.92 Å². The van der Waals surface area contributed by atoms with E-state index in [4.69, 9.17) is 11.6 Å². The number of rotatable bonds is 5. The van der Waals surface area contributed by atoms with Crippen LogP contribution in [0.5, 0.6) is 0 Å². The van der Waals surface area contributed by atoms with Crippen LogP contribution < -0.4 is 5.32 Å². The molecule has 2 aromatic heterocycles. The molecule has 2 aromatic rings. The summed E-state index contributed by atoms with van der Waals surface area (Å²) in [6.07, 6.45) is 4.11. The van der Waals surface area contributed by atoms with Gasteiger partial charge in [0.2, 0.25) is 11.1 Å². The summed E-state index contributed by atoms with van der Waals surface area (Å²) in [4.78, 5) is 22.2. The van der Waals surface area contributed by atoms with Crippen molar-refractivity contribution in [2.45, 2.75) is 13.3 Å². The van der Waals surface area contributed by atoms with Crippen molar-refractivity contribution in [1.29, 1.82) is 0 Å². The van der Waals surface area contributed by atoms with E-state index >= 15 is 0 Å². The van der Waals surface area contributed by atoms with Gasteiger partial charge in [0.25, 0.3) is 0 Å². The number of hydrogen-bond donors (Lipinski definition) is 1. The molecule has 0 aliphatic carbocycles. The lowest BCUT2D eigenvalue weighted by Crippen LogP contribution is -2.10. The predicted octanol–water partition coefficient (Wildman–Crippen LogP) is 2.40. The number of nitrogens with zero attached hydrogens (tertiary/aromatic N) is 4. The van der Waals surface area contributed by atoms with E-state index in [9.17, 15) is 10.1 Å². The van der Waals surface area contributed by atoms with E-state index in [1.54, 1.807) is 12.4 Å². The second-order valence-corrected chi connectivity index (χ2v) is 4.41. The average molecular weight is 294 g/mol. The Hall–Kier alpha value is -2.28. The van der Waals surface area contributed by atoms with Crippen LogP contribution in [0.15, 0.2) is 24.5 Å². The fourth-order valence-corrected chi connectivity index (χ4v) is 1.96. The van der Waals surface area contributed by atoms with Gasteiger partial charge in [0.1, 0.15) is 5.69 Å². The first-order valence-corrected chi connectivity index (χ1v) is 6.27. The maximum atomic E-state index is 11.0. The third-order valence-corrected chi connectivity index (χ3v) is 2.81. The van der Waals surface area contributed by atoms with Gasteiger partial charge in [-0.2, -0.15) is 4.98 Å². The fraction of sp³-hybridized carbons (Fsp3) is 0.250. The predicted molar refractivity (Wildman–Crippen MR) is 74.9 cm³/mol. The molecule has 0 fully saturated rings. The Labute approximate surface area is 120 Å². The van der Waals surface area contributed by atoms with Gasteiger partial charge in [0, 0.05) is 18.9 Å². The molecule has 0 saturated heterocycles. The Bertz CT molecular complexity index is 621. The summed E-state index contributed by atoms with van der Waals surface area (Å²) in [6, 6.07) is 3.77. The number of anilines is 1. The second-order valence-electron chi connectivity index (χ2n) is 4.07. The van der Waals surface area contributed by atoms with Crippen molar-refractivity contribution in [1.82, 2.24) is 15.0 Å². The zero-order chi connectivity index (χ0) is 14.5. The van der Waals surface area contributed by atoms with Gasteiger partial charge < -0.3 is 5.32 Å². The van der Waals surface area contributed by atoms with Crippen molar-refractivity contribution in [2.24, 2.45) is 0 Å². The molecular weight excluding hydrogens is 282 g/mol. The molecule has 0 aliphatic rings. The van der Waals surface area contributed by atoms with Gasteiger partial charge in [-0.25, -0.2) is 4.98 Å². The Morgan fingerprint density at radius 1 is 1.45 bits per heavy atom. The summed E-state index contributed by atoms with van der Waals surface area (Å²) in [5.74, 6) is 0.136. The lowest BCUT2D eigenvalue weighted by atomic mass is 10.2. The number of hydrogen-bond acceptors (Lipinski definition) is 6. The van der Waals surface area contributed by atoms with Crippen LogP contribution in [-0.4, -0.2) is 26.4 Å². The minimum Gasteiger partial charge on any atom is -0.364 e. The minimum absolute atomic E-state index is 0.0167. The first-order chi connectivity index (χ1) is 9.58. The van der Waals surface area contributed by atoms with E-state index in [0.717, 1.165) is 5.56 Å². The molecule has 8 heteroatoms. The average Bonchev–Trinajstić information content (AvgIpc) is 2.38. The summed E-state index contributed by atoms with van der Waals surface area (Å²) < 4.78 is 0. The molecule has 0 atom stereocenters. The fourth-order valence-electron chi connectivity index (χ4n) is 1.75. The summed E-state index contributed by atoms with van der Waals surface area (Å²) in [5, 5.41) is 13.9. The molecule has 0 bridgehead atoms. The number of nitrogens with one attached hydrogen (secondary N) is 1. The highest BCUT2D eigenvalue weighted by Gasteiger charge is 2.21. The normalized spacial score (nSPS) is 10.3. The second kappa shape index (κ2) is 6.25. The Balaban J connectivity index is 2.11. The van der Waals surface area contributed by atoms with Gasteiger partial charge in [0.15, 0.2) is 0 Å². The molecule has 0 radical (unpaired) electrons. The van der Waals surface area contributed by atoms with Gasteiger partial charge >= 0.3 is 5.69 Å². The lowest BCUT2D eigenvalue weighted by Gasteiger charge is -2.07. The van der Waals surface area contributed by atoms with E-state index in [-0.39, 0.29) is 22.5 Å². The van der Waals surface area contributed by atoms with Crippen LogP contribution in [0.2, 0.25) is 5.28 Å². The first kappa shape index (κ1) is 14.1. The highest BCUT2D eigenvalue weighted by molar-refractivity contribution is 6.28. The lowest BCUT2D eigenvalue weighted by molar-refractivity contribution is -0.385. The SMILES string of the molecule is Cc1nc(Cl)nc(NCCc2cccnc2)c1[N+](=O)[O-]. The zero-order valence-electron chi connectivity index (χ0n) is 10.7. The molecule has 0 spiro atoms. The van der Waals surface area contributed by atoms with Gasteiger partial charge in [0.05, 0.1) is 4.92 Å². The van der Waals surface area contributed by atoms with Gasteiger partial charge in [-0.3, -0.25) is 15.1 Å². The third-order valence-electron chi connectivity index (χ3n) is 2.64. The summed E-state index contributed by atoms with van der Waals surface area (Å²) in [7, 11) is 0. The summed E-state index contributed by atoms with van der Waals surface area (Å²) >= 11 is 5.73. The number of aromatic nitrogens is 3. The molecule has 0 unspecified atom stereocenters. The zero-order valence-corrected chi connectivity index (χ0v) is 11.5. The van der Waals surface area contributed by atoms with Crippen molar-refractivity contribution in [3.8, 4) is 0 Å². The van der Waals surface area contributed by atoms with Crippen molar-refractivity contribution < 1.29 is 4.92 Å². The molecule has 0 saturated carbocycles. The smallest absolute Gasteiger partial charge is 0.332 e. The van der Waals surface area contributed by atoms with Crippen molar-refractivity contribution in [3.05, 3.63) is 51.2 Å². The van der Waals surface area contributed by atoms with Crippen LogP contribution >= 0.6 is 11.6 Å². The number of aryl methyl sites for hydroxylation is 1. The summed E-state index contributed by atoms with van der Waals surface area (Å²) in [6.45, 7) is 2.01. The van der Waals surface area contributed by atoms with Gasteiger partial charge in [-0.1, -0.05) is 6.07 Å². The van der Waals surface area contributed by atoms with E-state index in [2.05, 4.69) is 20.3 Å². The molecule has 2 rings (SSSR count). The molecular formula is C12H12ClN5O2. The van der Waals surface area contributed by atoms with Crippen LogP contribution in [0.3, 0.4) is 0 Å². The topological polar surface area (TPSA) is 93.8 Å². The molecule has 1 N–H and O–H groups in total. The monoisotopic (exact) mass is 293 g/mol. The standard InChI is InChI=1S/C12H12ClN5O2/c1-8-10(18(19)20)11(17-12(13)16-8)15-6-4-9-3-2-5-14-7-9/h2-3,5,7H,4,6H2,1H3,(H,15,16,17). The summed E-state index contributed by atoms with van der Waals surface area (Å²) in [5.41, 5.74) is 1.11. The van der Waals surface area contributed by atoms with E-state index in [1.807, 2.05) is 12.1 Å². The van der Waals surface area contributed by atoms with Crippen molar-refractivity contribution in [3.63, 3.8) is 0 Å². The van der Waals surface area contributed by atoms with Gasteiger partial charge in [-0.05, 0) is 36.6 Å². The number of pyridine rings is 1. The van der Waals surface area contributed by atoms with Crippen LogP contribution in [0.1, 0.15) is 11.3 Å². The molecule has 0 aromatic carbocycles. The molecule has 104 valence electrons. The Kier molecular flexibility index (Phi) is 4.41. The highest BCUT2D eigenvalue weighted by atomic mass is 35.5. The highest BCUT2D eigenvalue weighted by Crippen LogP contribution is 2.26. The molecule has 0 amide bonds. The molecule has 2 heterocycles. The van der Waals surface area contributed by atoms with Gasteiger partial charge in [-0.15, -0.1) is 0 Å². The van der Waals surface area contributed by atoms with Crippen LogP contribution in [0.4, 0.5) is 11.5 Å². The minimum atomic E-state index is -0.516. The quantitative estimate of drug-likeness (QED) is 0.517. The van der Waals surface area contributed by atoms with Crippen LogP contribution in [0, 0.1) is 17.0 Å². The molecule has 7 nitrogen and oxygen atoms in total. The molecule has 0 aliphatic heterocycles. The maximum Gasteiger partial charge on any atom is 0.332 e.